The second-order valence-corrected chi connectivity index (χ2v) is 5.07. The molecule has 1 aromatic heterocycles. The molecule has 15 heavy (non-hydrogen) atoms. The minimum Gasteiger partial charge on any atom is -0.346 e. The van der Waals surface area contributed by atoms with Crippen LogP contribution in [0.1, 0.15) is 36.5 Å². The molecule has 0 saturated heterocycles. The van der Waals surface area contributed by atoms with Crippen molar-refractivity contribution in [3.05, 3.63) is 16.1 Å². The molecule has 0 radical (unpaired) electrons. The molecular weight excluding hydrogens is 210 g/mol. The van der Waals surface area contributed by atoms with E-state index in [2.05, 4.69) is 10.3 Å². The number of amides is 1. The summed E-state index contributed by atoms with van der Waals surface area (Å²) in [5.41, 5.74) is 6.19. The molecule has 3 N–H and O–H groups in total. The third-order valence-corrected chi connectivity index (χ3v) is 3.74. The Morgan fingerprint density at radius 3 is 2.87 bits per heavy atom. The van der Waals surface area contributed by atoms with Crippen LogP contribution in [-0.4, -0.2) is 16.4 Å². The first-order chi connectivity index (χ1) is 7.01. The van der Waals surface area contributed by atoms with Gasteiger partial charge in [-0.1, -0.05) is 0 Å². The molecular formula is C10H15N3OS. The molecule has 1 aliphatic carbocycles. The largest absolute Gasteiger partial charge is 0.346 e. The van der Waals surface area contributed by atoms with Gasteiger partial charge in [0.05, 0.1) is 11.6 Å². The third-order valence-electron chi connectivity index (χ3n) is 2.60. The maximum Gasteiger partial charge on any atom is 0.240 e. The molecule has 2 rings (SSSR count). The normalized spacial score (nSPS) is 19.7. The lowest BCUT2D eigenvalue weighted by molar-refractivity contribution is -0.123. The molecule has 1 heterocycles. The van der Waals surface area contributed by atoms with E-state index in [9.17, 15) is 4.79 Å². The van der Waals surface area contributed by atoms with E-state index in [0.29, 0.717) is 0 Å². The van der Waals surface area contributed by atoms with Crippen molar-refractivity contribution in [2.45, 2.75) is 38.3 Å². The quantitative estimate of drug-likeness (QED) is 0.810. The van der Waals surface area contributed by atoms with Crippen LogP contribution in [0, 0.1) is 6.92 Å². The SMILES string of the molecule is Cc1csc(C(C)NC(=O)C2(N)CC2)n1. The zero-order valence-corrected chi connectivity index (χ0v) is 9.73. The Labute approximate surface area is 92.9 Å². The lowest BCUT2D eigenvalue weighted by Crippen LogP contribution is -2.43. The molecule has 0 bridgehead atoms. The Balaban J connectivity index is 1.97. The summed E-state index contributed by atoms with van der Waals surface area (Å²) in [5, 5.41) is 5.81. The van der Waals surface area contributed by atoms with E-state index in [0.717, 1.165) is 23.5 Å². The summed E-state index contributed by atoms with van der Waals surface area (Å²) in [6, 6.07) is -0.0442. The predicted molar refractivity (Wildman–Crippen MR) is 59.6 cm³/mol. The Morgan fingerprint density at radius 2 is 2.40 bits per heavy atom. The van der Waals surface area contributed by atoms with Gasteiger partial charge in [0.15, 0.2) is 0 Å². The summed E-state index contributed by atoms with van der Waals surface area (Å²) < 4.78 is 0. The number of hydrogen-bond acceptors (Lipinski definition) is 4. The van der Waals surface area contributed by atoms with Crippen molar-refractivity contribution < 1.29 is 4.79 Å². The topological polar surface area (TPSA) is 68.0 Å². The highest BCUT2D eigenvalue weighted by Gasteiger charge is 2.46. The van der Waals surface area contributed by atoms with E-state index in [1.54, 1.807) is 11.3 Å². The van der Waals surface area contributed by atoms with Crippen molar-refractivity contribution in [3.8, 4) is 0 Å². The number of rotatable bonds is 3. The fourth-order valence-corrected chi connectivity index (χ4v) is 2.14. The number of aromatic nitrogens is 1. The molecule has 1 atom stereocenters. The van der Waals surface area contributed by atoms with Crippen LogP contribution in [0.4, 0.5) is 0 Å². The number of carbonyl (C=O) groups is 1. The molecule has 1 amide bonds. The number of aryl methyl sites for hydroxylation is 1. The van der Waals surface area contributed by atoms with Gasteiger partial charge < -0.3 is 11.1 Å². The smallest absolute Gasteiger partial charge is 0.240 e. The molecule has 1 aromatic rings. The first-order valence-corrected chi connectivity index (χ1v) is 5.91. The fourth-order valence-electron chi connectivity index (χ4n) is 1.33. The number of thiazole rings is 1. The maximum atomic E-state index is 11.7. The Kier molecular flexibility index (Phi) is 2.52. The molecule has 1 fully saturated rings. The van der Waals surface area contributed by atoms with E-state index in [1.807, 2.05) is 19.2 Å². The summed E-state index contributed by atoms with van der Waals surface area (Å²) in [6.07, 6.45) is 1.59. The summed E-state index contributed by atoms with van der Waals surface area (Å²) in [5.74, 6) is -0.0529. The van der Waals surface area contributed by atoms with Crippen LogP contribution in [0.2, 0.25) is 0 Å². The first kappa shape index (κ1) is 10.6. The van der Waals surface area contributed by atoms with Crippen molar-refractivity contribution in [1.29, 1.82) is 0 Å². The lowest BCUT2D eigenvalue weighted by atomic mass is 10.2. The molecule has 0 aromatic carbocycles. The fraction of sp³-hybridized carbons (Fsp3) is 0.600. The zero-order chi connectivity index (χ0) is 11.1. The van der Waals surface area contributed by atoms with E-state index in [4.69, 9.17) is 5.73 Å². The monoisotopic (exact) mass is 225 g/mol. The summed E-state index contributed by atoms with van der Waals surface area (Å²) in [4.78, 5) is 16.0. The molecule has 1 saturated carbocycles. The minimum absolute atomic E-state index is 0.0442. The highest BCUT2D eigenvalue weighted by Crippen LogP contribution is 2.33. The minimum atomic E-state index is -0.597. The summed E-state index contributed by atoms with van der Waals surface area (Å²) in [6.45, 7) is 3.88. The first-order valence-electron chi connectivity index (χ1n) is 5.03. The van der Waals surface area contributed by atoms with Gasteiger partial charge in [-0.3, -0.25) is 4.79 Å². The standard InChI is InChI=1S/C10H15N3OS/c1-6-5-15-8(12-6)7(2)13-9(14)10(11)3-4-10/h5,7H,3-4,11H2,1-2H3,(H,13,14). The molecule has 5 heteroatoms. The van der Waals surface area contributed by atoms with Crippen molar-refractivity contribution >= 4 is 17.2 Å². The second kappa shape index (κ2) is 3.57. The van der Waals surface area contributed by atoms with Gasteiger partial charge in [0.2, 0.25) is 5.91 Å². The average molecular weight is 225 g/mol. The number of nitrogens with two attached hydrogens (primary N) is 1. The van der Waals surface area contributed by atoms with Crippen LogP contribution in [0.3, 0.4) is 0 Å². The third kappa shape index (κ3) is 2.18. The van der Waals surface area contributed by atoms with E-state index < -0.39 is 5.54 Å². The van der Waals surface area contributed by atoms with Crippen LogP contribution >= 0.6 is 11.3 Å². The molecule has 0 spiro atoms. The molecule has 1 unspecified atom stereocenters. The molecule has 4 nitrogen and oxygen atoms in total. The van der Waals surface area contributed by atoms with Gasteiger partial charge in [0, 0.05) is 11.1 Å². The van der Waals surface area contributed by atoms with Crippen LogP contribution in [0.15, 0.2) is 5.38 Å². The Morgan fingerprint density at radius 1 is 1.73 bits per heavy atom. The summed E-state index contributed by atoms with van der Waals surface area (Å²) >= 11 is 1.56. The van der Waals surface area contributed by atoms with Crippen molar-refractivity contribution in [1.82, 2.24) is 10.3 Å². The number of carbonyl (C=O) groups excluding carboxylic acids is 1. The zero-order valence-electron chi connectivity index (χ0n) is 8.91. The molecule has 0 aliphatic heterocycles. The van der Waals surface area contributed by atoms with Gasteiger partial charge in [-0.2, -0.15) is 0 Å². The maximum absolute atomic E-state index is 11.7. The van der Waals surface area contributed by atoms with Gasteiger partial charge in [0.1, 0.15) is 5.01 Å². The number of nitrogens with one attached hydrogen (secondary N) is 1. The Hall–Kier alpha value is -0.940. The van der Waals surface area contributed by atoms with Crippen LogP contribution in [0.25, 0.3) is 0 Å². The highest BCUT2D eigenvalue weighted by atomic mass is 32.1. The number of hydrogen-bond donors (Lipinski definition) is 2. The van der Waals surface area contributed by atoms with E-state index >= 15 is 0 Å². The molecule has 1 aliphatic rings. The van der Waals surface area contributed by atoms with Crippen LogP contribution in [-0.2, 0) is 4.79 Å². The van der Waals surface area contributed by atoms with Crippen LogP contribution < -0.4 is 11.1 Å². The van der Waals surface area contributed by atoms with Gasteiger partial charge in [-0.15, -0.1) is 11.3 Å². The Bertz CT molecular complexity index is 384. The molecule has 82 valence electrons. The van der Waals surface area contributed by atoms with Gasteiger partial charge >= 0.3 is 0 Å². The van der Waals surface area contributed by atoms with Crippen molar-refractivity contribution in [2.75, 3.05) is 0 Å². The van der Waals surface area contributed by atoms with Crippen LogP contribution in [0.5, 0.6) is 0 Å². The number of nitrogens with zero attached hydrogens (tertiary/aromatic N) is 1. The van der Waals surface area contributed by atoms with Gasteiger partial charge in [0.25, 0.3) is 0 Å². The van der Waals surface area contributed by atoms with Crippen molar-refractivity contribution in [3.63, 3.8) is 0 Å². The average Bonchev–Trinajstić information content (AvgIpc) is 2.77. The van der Waals surface area contributed by atoms with Gasteiger partial charge in [-0.25, -0.2) is 4.98 Å². The lowest BCUT2D eigenvalue weighted by Gasteiger charge is -2.14. The van der Waals surface area contributed by atoms with E-state index in [-0.39, 0.29) is 11.9 Å². The van der Waals surface area contributed by atoms with Crippen molar-refractivity contribution in [2.24, 2.45) is 5.73 Å². The van der Waals surface area contributed by atoms with E-state index in [1.165, 1.54) is 0 Å². The highest BCUT2D eigenvalue weighted by molar-refractivity contribution is 7.09. The summed E-state index contributed by atoms with van der Waals surface area (Å²) in [7, 11) is 0. The second-order valence-electron chi connectivity index (χ2n) is 4.18. The van der Waals surface area contributed by atoms with Gasteiger partial charge in [-0.05, 0) is 26.7 Å². The predicted octanol–water partition coefficient (Wildman–Crippen LogP) is 1.12.